The molecule has 2 heterocycles. The van der Waals surface area contributed by atoms with Gasteiger partial charge >= 0.3 is 0 Å². The Kier molecular flexibility index (Phi) is 5.53. The van der Waals surface area contributed by atoms with Gasteiger partial charge in [0.15, 0.2) is 0 Å². The van der Waals surface area contributed by atoms with Gasteiger partial charge in [-0.15, -0.1) is 11.3 Å². The molecule has 1 fully saturated rings. The van der Waals surface area contributed by atoms with Gasteiger partial charge in [0, 0.05) is 54.9 Å². The molecule has 0 aliphatic carbocycles. The summed E-state index contributed by atoms with van der Waals surface area (Å²) in [7, 11) is 0. The van der Waals surface area contributed by atoms with Crippen LogP contribution >= 0.6 is 11.3 Å². The lowest BCUT2D eigenvalue weighted by Crippen LogP contribution is -2.49. The highest BCUT2D eigenvalue weighted by molar-refractivity contribution is 7.13. The first-order valence-electron chi connectivity index (χ1n) is 9.37. The van der Waals surface area contributed by atoms with Gasteiger partial charge in [-0.25, -0.2) is 4.98 Å². The number of amides is 1. The molecule has 0 N–H and O–H groups in total. The highest BCUT2D eigenvalue weighted by Gasteiger charge is 2.22. The number of nitro benzene ring substituents is 1. The maximum absolute atomic E-state index is 12.7. The second-order valence-corrected chi connectivity index (χ2v) is 7.69. The quantitative estimate of drug-likeness (QED) is 0.476. The van der Waals surface area contributed by atoms with Crippen molar-refractivity contribution in [3.63, 3.8) is 0 Å². The van der Waals surface area contributed by atoms with E-state index in [-0.39, 0.29) is 11.6 Å². The molecule has 0 bridgehead atoms. The number of hydrogen-bond acceptors (Lipinski definition) is 6. The SMILES string of the molecule is O=C(Cc1csc(-c2ccccc2)n1)N1CCN(c2ccc([N+](=O)[O-])cc2)CC1. The number of aromatic nitrogens is 1. The van der Waals surface area contributed by atoms with E-state index >= 15 is 0 Å². The van der Waals surface area contributed by atoms with Crippen molar-refractivity contribution in [1.82, 2.24) is 9.88 Å². The Morgan fingerprint density at radius 2 is 1.72 bits per heavy atom. The summed E-state index contributed by atoms with van der Waals surface area (Å²) in [6.07, 6.45) is 0.306. The number of carbonyl (C=O) groups excluding carboxylic acids is 1. The molecule has 3 aromatic rings. The summed E-state index contributed by atoms with van der Waals surface area (Å²) in [6.45, 7) is 2.67. The average molecular weight is 408 g/mol. The van der Waals surface area contributed by atoms with Gasteiger partial charge in [-0.05, 0) is 12.1 Å². The van der Waals surface area contributed by atoms with Gasteiger partial charge in [0.2, 0.25) is 5.91 Å². The van der Waals surface area contributed by atoms with E-state index in [0.717, 1.165) is 22.0 Å². The molecule has 0 unspecified atom stereocenters. The standard InChI is InChI=1S/C21H20N4O3S/c26-20(14-17-15-29-21(22-17)16-4-2-1-3-5-16)24-12-10-23(11-13-24)18-6-8-19(9-7-18)25(27)28/h1-9,15H,10-14H2. The fraction of sp³-hybridized carbons (Fsp3) is 0.238. The smallest absolute Gasteiger partial charge is 0.269 e. The van der Waals surface area contributed by atoms with Crippen molar-refractivity contribution in [3.05, 3.63) is 75.8 Å². The Bertz CT molecular complexity index is 996. The van der Waals surface area contributed by atoms with E-state index in [9.17, 15) is 14.9 Å². The molecule has 1 aliphatic heterocycles. The fourth-order valence-corrected chi connectivity index (χ4v) is 4.19. The lowest BCUT2D eigenvalue weighted by atomic mass is 10.2. The van der Waals surface area contributed by atoms with E-state index in [2.05, 4.69) is 9.88 Å². The summed E-state index contributed by atoms with van der Waals surface area (Å²) in [5.41, 5.74) is 2.89. The molecule has 1 amide bonds. The Hall–Kier alpha value is -3.26. The van der Waals surface area contributed by atoms with Crippen LogP contribution in [0.3, 0.4) is 0 Å². The third kappa shape index (κ3) is 4.43. The molecule has 0 radical (unpaired) electrons. The summed E-state index contributed by atoms with van der Waals surface area (Å²) >= 11 is 1.55. The van der Waals surface area contributed by atoms with Crippen LogP contribution in [0.2, 0.25) is 0 Å². The van der Waals surface area contributed by atoms with Crippen molar-refractivity contribution in [1.29, 1.82) is 0 Å². The number of thiazole rings is 1. The van der Waals surface area contributed by atoms with Crippen molar-refractivity contribution in [3.8, 4) is 10.6 Å². The number of nitro groups is 1. The molecule has 8 heteroatoms. The maximum atomic E-state index is 12.7. The van der Waals surface area contributed by atoms with E-state index in [4.69, 9.17) is 0 Å². The molecule has 1 saturated heterocycles. The van der Waals surface area contributed by atoms with Gasteiger partial charge in [0.05, 0.1) is 17.0 Å². The van der Waals surface area contributed by atoms with E-state index in [1.165, 1.54) is 12.1 Å². The Morgan fingerprint density at radius 3 is 2.38 bits per heavy atom. The van der Waals surface area contributed by atoms with Gasteiger partial charge in [-0.2, -0.15) is 0 Å². The molecule has 1 aromatic heterocycles. The second-order valence-electron chi connectivity index (χ2n) is 6.83. The first-order valence-corrected chi connectivity index (χ1v) is 10.2. The van der Waals surface area contributed by atoms with Gasteiger partial charge in [0.1, 0.15) is 5.01 Å². The van der Waals surface area contributed by atoms with Crippen molar-refractivity contribution < 1.29 is 9.72 Å². The van der Waals surface area contributed by atoms with E-state index < -0.39 is 4.92 Å². The normalized spacial score (nSPS) is 14.1. The fourth-order valence-electron chi connectivity index (χ4n) is 3.37. The summed E-state index contributed by atoms with van der Waals surface area (Å²) in [5.74, 6) is 0.0817. The van der Waals surface area contributed by atoms with Crippen LogP contribution in [0.15, 0.2) is 60.0 Å². The van der Waals surface area contributed by atoms with Crippen LogP contribution in [0.4, 0.5) is 11.4 Å². The highest BCUT2D eigenvalue weighted by atomic mass is 32.1. The molecule has 7 nitrogen and oxygen atoms in total. The summed E-state index contributed by atoms with van der Waals surface area (Å²) < 4.78 is 0. The Balaban J connectivity index is 1.32. The number of anilines is 1. The summed E-state index contributed by atoms with van der Waals surface area (Å²) in [4.78, 5) is 31.7. The number of piperazine rings is 1. The third-order valence-corrected chi connectivity index (χ3v) is 5.90. The summed E-state index contributed by atoms with van der Waals surface area (Å²) in [5, 5.41) is 13.7. The number of carbonyl (C=O) groups is 1. The second kappa shape index (κ2) is 8.40. The number of rotatable bonds is 5. The molecule has 29 heavy (non-hydrogen) atoms. The number of non-ortho nitro benzene ring substituents is 1. The van der Waals surface area contributed by atoms with Crippen LogP contribution < -0.4 is 4.90 Å². The molecule has 0 atom stereocenters. The lowest BCUT2D eigenvalue weighted by molar-refractivity contribution is -0.384. The monoisotopic (exact) mass is 408 g/mol. The van der Waals surface area contributed by atoms with Crippen molar-refractivity contribution in [2.45, 2.75) is 6.42 Å². The van der Waals surface area contributed by atoms with Crippen LogP contribution in [0.1, 0.15) is 5.69 Å². The number of nitrogens with zero attached hydrogens (tertiary/aromatic N) is 4. The molecule has 2 aromatic carbocycles. The molecule has 1 aliphatic rings. The minimum atomic E-state index is -0.401. The molecule has 0 saturated carbocycles. The third-order valence-electron chi connectivity index (χ3n) is 4.96. The lowest BCUT2D eigenvalue weighted by Gasteiger charge is -2.36. The first-order chi connectivity index (χ1) is 14.1. The largest absolute Gasteiger partial charge is 0.368 e. The topological polar surface area (TPSA) is 79.6 Å². The first kappa shape index (κ1) is 19.1. The van der Waals surface area contributed by atoms with Crippen molar-refractivity contribution in [2.75, 3.05) is 31.1 Å². The zero-order chi connectivity index (χ0) is 20.2. The number of hydrogen-bond donors (Lipinski definition) is 0. The molecular formula is C21H20N4O3S. The van der Waals surface area contributed by atoms with E-state index in [0.29, 0.717) is 32.6 Å². The highest BCUT2D eigenvalue weighted by Crippen LogP contribution is 2.24. The van der Waals surface area contributed by atoms with Crippen LogP contribution in [0.25, 0.3) is 10.6 Å². The van der Waals surface area contributed by atoms with Gasteiger partial charge < -0.3 is 9.80 Å². The van der Waals surface area contributed by atoms with Crippen LogP contribution in [0, 0.1) is 10.1 Å². The van der Waals surface area contributed by atoms with Gasteiger partial charge in [0.25, 0.3) is 5.69 Å². The van der Waals surface area contributed by atoms with E-state index in [1.807, 2.05) is 40.6 Å². The minimum absolute atomic E-state index is 0.0817. The van der Waals surface area contributed by atoms with Crippen LogP contribution in [0.5, 0.6) is 0 Å². The molecule has 4 rings (SSSR count). The molecule has 148 valence electrons. The Morgan fingerprint density at radius 1 is 1.03 bits per heavy atom. The molecule has 0 spiro atoms. The van der Waals surface area contributed by atoms with Gasteiger partial charge in [-0.3, -0.25) is 14.9 Å². The maximum Gasteiger partial charge on any atom is 0.269 e. The zero-order valence-corrected chi connectivity index (χ0v) is 16.5. The Labute approximate surface area is 172 Å². The van der Waals surface area contributed by atoms with Crippen LogP contribution in [-0.4, -0.2) is 46.9 Å². The predicted octanol–water partition coefficient (Wildman–Crippen LogP) is 3.61. The molecular weight excluding hydrogens is 388 g/mol. The number of benzene rings is 2. The van der Waals surface area contributed by atoms with Crippen molar-refractivity contribution in [2.24, 2.45) is 0 Å². The summed E-state index contributed by atoms with van der Waals surface area (Å²) in [6, 6.07) is 16.5. The van der Waals surface area contributed by atoms with E-state index in [1.54, 1.807) is 23.5 Å². The van der Waals surface area contributed by atoms with Gasteiger partial charge in [-0.1, -0.05) is 30.3 Å². The predicted molar refractivity (Wildman–Crippen MR) is 113 cm³/mol. The average Bonchev–Trinajstić information content (AvgIpc) is 3.23. The van der Waals surface area contributed by atoms with Crippen LogP contribution in [-0.2, 0) is 11.2 Å². The minimum Gasteiger partial charge on any atom is -0.368 e. The van der Waals surface area contributed by atoms with Crippen molar-refractivity contribution >= 4 is 28.6 Å². The zero-order valence-electron chi connectivity index (χ0n) is 15.7.